The molecule has 22 heavy (non-hydrogen) atoms. The Labute approximate surface area is 132 Å². The quantitative estimate of drug-likeness (QED) is 0.812. The van der Waals surface area contributed by atoms with E-state index in [-0.39, 0.29) is 17.5 Å². The summed E-state index contributed by atoms with van der Waals surface area (Å²) in [5.41, 5.74) is 2.02. The van der Waals surface area contributed by atoms with Crippen LogP contribution in [0.2, 0.25) is 0 Å². The molecule has 0 aromatic carbocycles. The third kappa shape index (κ3) is 3.11. The smallest absolute Gasteiger partial charge is 0.276 e. The summed E-state index contributed by atoms with van der Waals surface area (Å²) in [6, 6.07) is 0. The molecule has 9 heteroatoms. The van der Waals surface area contributed by atoms with Crippen LogP contribution in [0.1, 0.15) is 23.1 Å². The van der Waals surface area contributed by atoms with Gasteiger partial charge in [-0.05, 0) is 13.8 Å². The van der Waals surface area contributed by atoms with Gasteiger partial charge in [0.2, 0.25) is 5.91 Å². The van der Waals surface area contributed by atoms with Gasteiger partial charge in [-0.1, -0.05) is 0 Å². The molecule has 0 atom stereocenters. The number of hydrogen-bond donors (Lipinski definition) is 2. The summed E-state index contributed by atoms with van der Waals surface area (Å²) < 4.78 is 3.16. The first kappa shape index (κ1) is 16.0. The number of nitrogens with one attached hydrogen (secondary N) is 2. The van der Waals surface area contributed by atoms with Crippen molar-refractivity contribution >= 4 is 34.8 Å². The molecule has 0 radical (unpaired) electrons. The molecule has 0 fully saturated rings. The molecule has 2 aromatic rings. The first-order valence-corrected chi connectivity index (χ1v) is 7.23. The zero-order valence-electron chi connectivity index (χ0n) is 12.6. The summed E-state index contributed by atoms with van der Waals surface area (Å²) in [7, 11) is 1.79. The maximum Gasteiger partial charge on any atom is 0.276 e. The third-order valence-corrected chi connectivity index (χ3v) is 3.48. The van der Waals surface area contributed by atoms with Crippen LogP contribution in [-0.4, -0.2) is 37.3 Å². The van der Waals surface area contributed by atoms with Gasteiger partial charge in [0.1, 0.15) is 11.6 Å². The number of aromatic nitrogens is 4. The molecule has 0 aliphatic carbocycles. The van der Waals surface area contributed by atoms with Crippen LogP contribution in [0, 0.1) is 6.92 Å². The van der Waals surface area contributed by atoms with Crippen molar-refractivity contribution in [1.29, 1.82) is 0 Å². The summed E-state index contributed by atoms with van der Waals surface area (Å²) in [5.74, 6) is -0.968. The van der Waals surface area contributed by atoms with Crippen LogP contribution in [0.4, 0.5) is 11.4 Å². The maximum atomic E-state index is 12.5. The van der Waals surface area contributed by atoms with Gasteiger partial charge in [0.05, 0.1) is 29.5 Å². The molecule has 0 bridgehead atoms. The zero-order chi connectivity index (χ0) is 16.3. The van der Waals surface area contributed by atoms with Crippen molar-refractivity contribution in [1.82, 2.24) is 19.6 Å². The van der Waals surface area contributed by atoms with E-state index in [1.807, 2.05) is 13.8 Å². The summed E-state index contributed by atoms with van der Waals surface area (Å²) in [5, 5.41) is 13.5. The second-order valence-electron chi connectivity index (χ2n) is 4.63. The first-order chi connectivity index (χ1) is 10.5. The van der Waals surface area contributed by atoms with Crippen LogP contribution in [0.3, 0.4) is 0 Å². The fraction of sp³-hybridized carbons (Fsp3) is 0.385. The highest BCUT2D eigenvalue weighted by Crippen LogP contribution is 2.19. The van der Waals surface area contributed by atoms with E-state index in [2.05, 4.69) is 20.8 Å². The normalized spacial score (nSPS) is 10.5. The van der Waals surface area contributed by atoms with Gasteiger partial charge in [-0.3, -0.25) is 19.0 Å². The van der Waals surface area contributed by atoms with Crippen LogP contribution in [-0.2, 0) is 18.4 Å². The highest BCUT2D eigenvalue weighted by atomic mass is 35.5. The minimum atomic E-state index is -0.399. The van der Waals surface area contributed by atoms with Crippen LogP contribution in [0.15, 0.2) is 12.4 Å². The Balaban J connectivity index is 2.29. The molecule has 2 N–H and O–H groups in total. The molecule has 2 rings (SSSR count). The van der Waals surface area contributed by atoms with E-state index in [0.717, 1.165) is 5.69 Å². The number of aryl methyl sites for hydroxylation is 2. The van der Waals surface area contributed by atoms with Gasteiger partial charge in [0, 0.05) is 13.6 Å². The van der Waals surface area contributed by atoms with Gasteiger partial charge in [0.25, 0.3) is 5.91 Å². The van der Waals surface area contributed by atoms with E-state index < -0.39 is 5.91 Å². The number of halogens is 1. The SMILES string of the molecule is CCn1ncc(NC(=O)CCl)c1C(=O)Nc1cnn(C)c1C. The molecular formula is C13H17ClN6O2. The Morgan fingerprint density at radius 2 is 1.91 bits per heavy atom. The van der Waals surface area contributed by atoms with Crippen molar-refractivity contribution in [2.24, 2.45) is 7.05 Å². The molecular weight excluding hydrogens is 308 g/mol. The zero-order valence-corrected chi connectivity index (χ0v) is 13.3. The fourth-order valence-corrected chi connectivity index (χ4v) is 2.01. The van der Waals surface area contributed by atoms with Crippen molar-refractivity contribution < 1.29 is 9.59 Å². The van der Waals surface area contributed by atoms with Crippen molar-refractivity contribution in [3.8, 4) is 0 Å². The van der Waals surface area contributed by atoms with E-state index in [0.29, 0.717) is 17.9 Å². The van der Waals surface area contributed by atoms with Crippen molar-refractivity contribution in [3.05, 3.63) is 23.8 Å². The summed E-state index contributed by atoms with van der Waals surface area (Å²) in [6.45, 7) is 4.19. The molecule has 2 heterocycles. The largest absolute Gasteiger partial charge is 0.322 e. The molecule has 0 aliphatic rings. The van der Waals surface area contributed by atoms with Gasteiger partial charge in [-0.15, -0.1) is 11.6 Å². The number of carbonyl (C=O) groups excluding carboxylic acids is 2. The van der Waals surface area contributed by atoms with Crippen LogP contribution in [0.25, 0.3) is 0 Å². The Morgan fingerprint density at radius 1 is 1.23 bits per heavy atom. The molecule has 2 amide bonds. The van der Waals surface area contributed by atoms with Crippen molar-refractivity contribution in [2.45, 2.75) is 20.4 Å². The maximum absolute atomic E-state index is 12.5. The molecule has 0 saturated carbocycles. The molecule has 0 saturated heterocycles. The minimum Gasteiger partial charge on any atom is -0.322 e. The Morgan fingerprint density at radius 3 is 2.45 bits per heavy atom. The van der Waals surface area contributed by atoms with E-state index in [9.17, 15) is 9.59 Å². The topological polar surface area (TPSA) is 93.8 Å². The molecule has 0 unspecified atom stereocenters. The number of carbonyl (C=O) groups is 2. The lowest BCUT2D eigenvalue weighted by Crippen LogP contribution is -2.21. The van der Waals surface area contributed by atoms with E-state index in [4.69, 9.17) is 11.6 Å². The minimum absolute atomic E-state index is 0.194. The molecule has 0 aliphatic heterocycles. The number of anilines is 2. The number of alkyl halides is 1. The average Bonchev–Trinajstić information content (AvgIpc) is 3.05. The lowest BCUT2D eigenvalue weighted by Gasteiger charge is -2.09. The second-order valence-corrected chi connectivity index (χ2v) is 4.89. The monoisotopic (exact) mass is 324 g/mol. The lowest BCUT2D eigenvalue weighted by molar-refractivity contribution is -0.113. The summed E-state index contributed by atoms with van der Waals surface area (Å²) >= 11 is 5.48. The number of rotatable bonds is 5. The Hall–Kier alpha value is -2.35. The van der Waals surface area contributed by atoms with Crippen LogP contribution in [0.5, 0.6) is 0 Å². The Bertz CT molecular complexity index is 705. The highest BCUT2D eigenvalue weighted by Gasteiger charge is 2.20. The van der Waals surface area contributed by atoms with E-state index in [1.165, 1.54) is 10.9 Å². The first-order valence-electron chi connectivity index (χ1n) is 6.69. The van der Waals surface area contributed by atoms with Gasteiger partial charge in [0.15, 0.2) is 0 Å². The summed E-state index contributed by atoms with van der Waals surface area (Å²) in [4.78, 5) is 24.0. The molecule has 8 nitrogen and oxygen atoms in total. The van der Waals surface area contributed by atoms with Gasteiger partial charge in [-0.2, -0.15) is 10.2 Å². The van der Waals surface area contributed by atoms with Gasteiger partial charge in [-0.25, -0.2) is 0 Å². The number of hydrogen-bond acceptors (Lipinski definition) is 4. The van der Waals surface area contributed by atoms with E-state index in [1.54, 1.807) is 17.9 Å². The molecule has 118 valence electrons. The predicted octanol–water partition coefficient (Wildman–Crippen LogP) is 1.37. The van der Waals surface area contributed by atoms with Crippen molar-refractivity contribution in [2.75, 3.05) is 16.5 Å². The van der Waals surface area contributed by atoms with Gasteiger partial charge >= 0.3 is 0 Å². The number of nitrogens with zero attached hydrogens (tertiary/aromatic N) is 4. The predicted molar refractivity (Wildman–Crippen MR) is 83.1 cm³/mol. The molecule has 2 aromatic heterocycles. The highest BCUT2D eigenvalue weighted by molar-refractivity contribution is 6.29. The third-order valence-electron chi connectivity index (χ3n) is 3.23. The lowest BCUT2D eigenvalue weighted by atomic mass is 10.3. The Kier molecular flexibility index (Phi) is 4.81. The summed E-state index contributed by atoms with van der Waals surface area (Å²) in [6.07, 6.45) is 3.00. The van der Waals surface area contributed by atoms with E-state index >= 15 is 0 Å². The van der Waals surface area contributed by atoms with Gasteiger partial charge < -0.3 is 10.6 Å². The fourth-order valence-electron chi connectivity index (χ4n) is 1.94. The molecule has 0 spiro atoms. The average molecular weight is 325 g/mol. The van der Waals surface area contributed by atoms with Crippen LogP contribution >= 0.6 is 11.6 Å². The van der Waals surface area contributed by atoms with Crippen LogP contribution < -0.4 is 10.6 Å². The standard InChI is InChI=1S/C13H17ClN6O2/c1-4-20-12(10(7-16-20)17-11(21)5-14)13(22)18-9-6-15-19(3)8(9)2/h6-7H,4-5H2,1-3H3,(H,17,21)(H,18,22). The number of amides is 2. The van der Waals surface area contributed by atoms with Crippen molar-refractivity contribution in [3.63, 3.8) is 0 Å². The second kappa shape index (κ2) is 6.61.